The molecule has 1 heterocycles. The minimum absolute atomic E-state index is 0.226. The van der Waals surface area contributed by atoms with Crippen molar-refractivity contribution in [1.82, 2.24) is 10.2 Å². The first-order valence-corrected chi connectivity index (χ1v) is 5.25. The Kier molecular flexibility index (Phi) is 3.10. The number of nitrogens with zero attached hydrogens (tertiary/aromatic N) is 1. The molecule has 17 heavy (non-hydrogen) atoms. The molecular weight excluding hydrogens is 221 g/mol. The van der Waals surface area contributed by atoms with Crippen LogP contribution in [0.4, 0.5) is 4.39 Å². The first-order valence-electron chi connectivity index (χ1n) is 5.25. The van der Waals surface area contributed by atoms with Crippen LogP contribution in [0.1, 0.15) is 11.4 Å². The molecular formula is C12H14FN3O. The van der Waals surface area contributed by atoms with Gasteiger partial charge in [-0.25, -0.2) is 4.39 Å². The number of aromatic nitrogens is 2. The predicted octanol–water partition coefficient (Wildman–Crippen LogP) is 1.99. The number of nitrogens with one attached hydrogen (secondary N) is 1. The van der Waals surface area contributed by atoms with Gasteiger partial charge < -0.3 is 10.5 Å². The lowest BCUT2D eigenvalue weighted by atomic mass is 10.0. The highest BCUT2D eigenvalue weighted by molar-refractivity contribution is 5.69. The monoisotopic (exact) mass is 235 g/mol. The predicted molar refractivity (Wildman–Crippen MR) is 63.2 cm³/mol. The van der Waals surface area contributed by atoms with Gasteiger partial charge in [-0.3, -0.25) is 5.10 Å². The van der Waals surface area contributed by atoms with Crippen molar-refractivity contribution in [3.63, 3.8) is 0 Å². The number of rotatable bonds is 3. The van der Waals surface area contributed by atoms with Crippen LogP contribution >= 0.6 is 0 Å². The molecule has 0 bridgehead atoms. The number of aromatic amines is 1. The zero-order valence-corrected chi connectivity index (χ0v) is 9.75. The maximum absolute atomic E-state index is 13.6. The van der Waals surface area contributed by atoms with E-state index in [-0.39, 0.29) is 5.75 Å². The summed E-state index contributed by atoms with van der Waals surface area (Å²) in [6.07, 6.45) is 0. The quantitative estimate of drug-likeness (QED) is 0.855. The molecule has 0 aliphatic heterocycles. The van der Waals surface area contributed by atoms with E-state index in [0.717, 1.165) is 22.5 Å². The summed E-state index contributed by atoms with van der Waals surface area (Å²) in [5.74, 6) is -0.169. The van der Waals surface area contributed by atoms with E-state index >= 15 is 0 Å². The van der Waals surface area contributed by atoms with Crippen LogP contribution in [0.15, 0.2) is 18.2 Å². The molecule has 1 aromatic carbocycles. The number of hydrogen-bond acceptors (Lipinski definition) is 3. The standard InChI is InChI=1S/C12H14FN3O/c1-7-12(10(6-14)16-15-7)8-3-4-11(17-2)9(13)5-8/h3-5H,6,14H2,1-2H3,(H,15,16). The van der Waals surface area contributed by atoms with Crippen molar-refractivity contribution in [2.45, 2.75) is 13.5 Å². The second kappa shape index (κ2) is 4.55. The lowest BCUT2D eigenvalue weighted by molar-refractivity contribution is 0.386. The molecule has 0 unspecified atom stereocenters. The number of nitrogens with two attached hydrogens (primary N) is 1. The molecule has 0 atom stereocenters. The van der Waals surface area contributed by atoms with E-state index in [4.69, 9.17) is 10.5 Å². The number of aryl methyl sites for hydroxylation is 1. The molecule has 0 fully saturated rings. The molecule has 2 rings (SSSR count). The number of methoxy groups -OCH3 is 1. The summed E-state index contributed by atoms with van der Waals surface area (Å²) in [5.41, 5.74) is 8.79. The van der Waals surface area contributed by atoms with Crippen molar-refractivity contribution >= 4 is 0 Å². The van der Waals surface area contributed by atoms with E-state index in [9.17, 15) is 4.39 Å². The molecule has 0 aliphatic carbocycles. The Hall–Kier alpha value is -1.88. The van der Waals surface area contributed by atoms with Crippen LogP contribution in [0.5, 0.6) is 5.75 Å². The topological polar surface area (TPSA) is 63.9 Å². The molecule has 3 N–H and O–H groups in total. The fourth-order valence-corrected chi connectivity index (χ4v) is 1.83. The number of H-pyrrole nitrogens is 1. The third-order valence-corrected chi connectivity index (χ3v) is 2.66. The molecule has 0 spiro atoms. The number of halogens is 1. The first kappa shape index (κ1) is 11.6. The third-order valence-electron chi connectivity index (χ3n) is 2.66. The Morgan fingerprint density at radius 3 is 2.82 bits per heavy atom. The van der Waals surface area contributed by atoms with Gasteiger partial charge in [0.1, 0.15) is 0 Å². The van der Waals surface area contributed by atoms with E-state index in [1.54, 1.807) is 12.1 Å². The van der Waals surface area contributed by atoms with Crippen LogP contribution in [0.25, 0.3) is 11.1 Å². The largest absolute Gasteiger partial charge is 0.494 e. The number of benzene rings is 1. The molecule has 4 nitrogen and oxygen atoms in total. The number of hydrogen-bond donors (Lipinski definition) is 2. The fraction of sp³-hybridized carbons (Fsp3) is 0.250. The highest BCUT2D eigenvalue weighted by Gasteiger charge is 2.13. The third kappa shape index (κ3) is 2.01. The molecule has 2 aromatic rings. The second-order valence-corrected chi connectivity index (χ2v) is 3.72. The van der Waals surface area contributed by atoms with Gasteiger partial charge >= 0.3 is 0 Å². The normalized spacial score (nSPS) is 10.6. The summed E-state index contributed by atoms with van der Waals surface area (Å²) < 4.78 is 18.5. The molecule has 0 aliphatic rings. The molecule has 0 saturated carbocycles. The van der Waals surface area contributed by atoms with Crippen LogP contribution in [0.2, 0.25) is 0 Å². The van der Waals surface area contributed by atoms with Gasteiger partial charge in [-0.15, -0.1) is 0 Å². The molecule has 5 heteroatoms. The Balaban J connectivity index is 2.53. The van der Waals surface area contributed by atoms with Gasteiger partial charge in [-0.1, -0.05) is 6.07 Å². The van der Waals surface area contributed by atoms with Crippen LogP contribution in [-0.2, 0) is 6.54 Å². The van der Waals surface area contributed by atoms with Gasteiger partial charge in [0.25, 0.3) is 0 Å². The van der Waals surface area contributed by atoms with Crippen molar-refractivity contribution in [2.24, 2.45) is 5.73 Å². The van der Waals surface area contributed by atoms with Crippen molar-refractivity contribution < 1.29 is 9.13 Å². The summed E-state index contributed by atoms with van der Waals surface area (Å²) in [6, 6.07) is 4.81. The lowest BCUT2D eigenvalue weighted by Gasteiger charge is -2.06. The zero-order valence-electron chi connectivity index (χ0n) is 9.75. The SMILES string of the molecule is COc1ccc(-c2c(CN)n[nH]c2C)cc1F. The highest BCUT2D eigenvalue weighted by Crippen LogP contribution is 2.29. The maximum Gasteiger partial charge on any atom is 0.165 e. The zero-order chi connectivity index (χ0) is 12.4. The van der Waals surface area contributed by atoms with Crippen LogP contribution in [0, 0.1) is 12.7 Å². The summed E-state index contributed by atoms with van der Waals surface area (Å²) in [4.78, 5) is 0. The highest BCUT2D eigenvalue weighted by atomic mass is 19.1. The summed E-state index contributed by atoms with van der Waals surface area (Å²) >= 11 is 0. The van der Waals surface area contributed by atoms with E-state index < -0.39 is 5.82 Å². The van der Waals surface area contributed by atoms with E-state index in [1.807, 2.05) is 6.92 Å². The van der Waals surface area contributed by atoms with Crippen molar-refractivity contribution in [1.29, 1.82) is 0 Å². The molecule has 90 valence electrons. The Labute approximate surface area is 98.6 Å². The second-order valence-electron chi connectivity index (χ2n) is 3.72. The molecule has 0 amide bonds. The summed E-state index contributed by atoms with van der Waals surface area (Å²) in [6.45, 7) is 2.19. The molecule has 1 aromatic heterocycles. The minimum atomic E-state index is -0.395. The Morgan fingerprint density at radius 1 is 1.47 bits per heavy atom. The maximum atomic E-state index is 13.6. The minimum Gasteiger partial charge on any atom is -0.494 e. The van der Waals surface area contributed by atoms with Gasteiger partial charge in [0.15, 0.2) is 11.6 Å². The lowest BCUT2D eigenvalue weighted by Crippen LogP contribution is -1.99. The van der Waals surface area contributed by atoms with Gasteiger partial charge in [-0.2, -0.15) is 5.10 Å². The Bertz CT molecular complexity index is 537. The first-order chi connectivity index (χ1) is 8.17. The molecule has 0 radical (unpaired) electrons. The van der Waals surface area contributed by atoms with Gasteiger partial charge in [0.2, 0.25) is 0 Å². The Morgan fingerprint density at radius 2 is 2.24 bits per heavy atom. The van der Waals surface area contributed by atoms with Crippen LogP contribution in [0.3, 0.4) is 0 Å². The van der Waals surface area contributed by atoms with Crippen molar-refractivity contribution in [2.75, 3.05) is 7.11 Å². The van der Waals surface area contributed by atoms with Crippen molar-refractivity contribution in [3.05, 3.63) is 35.4 Å². The van der Waals surface area contributed by atoms with Crippen molar-refractivity contribution in [3.8, 4) is 16.9 Å². The van der Waals surface area contributed by atoms with Crippen LogP contribution in [-0.4, -0.2) is 17.3 Å². The van der Waals surface area contributed by atoms with E-state index in [2.05, 4.69) is 10.2 Å². The van der Waals surface area contributed by atoms with Crippen LogP contribution < -0.4 is 10.5 Å². The van der Waals surface area contributed by atoms with E-state index in [0.29, 0.717) is 6.54 Å². The average molecular weight is 235 g/mol. The van der Waals surface area contributed by atoms with Gasteiger partial charge in [-0.05, 0) is 24.6 Å². The smallest absolute Gasteiger partial charge is 0.165 e. The van der Waals surface area contributed by atoms with E-state index in [1.165, 1.54) is 13.2 Å². The summed E-state index contributed by atoms with van der Waals surface area (Å²) in [5, 5.41) is 6.93. The fourth-order valence-electron chi connectivity index (χ4n) is 1.83. The van der Waals surface area contributed by atoms with Gasteiger partial charge in [0.05, 0.1) is 12.8 Å². The summed E-state index contributed by atoms with van der Waals surface area (Å²) in [7, 11) is 1.44. The molecule has 0 saturated heterocycles. The van der Waals surface area contributed by atoms with Gasteiger partial charge in [0, 0.05) is 17.8 Å². The number of ether oxygens (including phenoxy) is 1. The average Bonchev–Trinajstić information content (AvgIpc) is 2.70.